The minimum absolute atomic E-state index is 0.0407. The number of carboxylic acids is 2. The summed E-state index contributed by atoms with van der Waals surface area (Å²) in [7, 11) is 2.18. The molecule has 0 amide bonds. The van der Waals surface area contributed by atoms with Gasteiger partial charge in [-0.1, -0.05) is 60.7 Å². The minimum atomic E-state index is -1.28. The van der Waals surface area contributed by atoms with Crippen LogP contribution in [0.1, 0.15) is 56.1 Å². The Hall–Kier alpha value is -6.24. The molecule has 1 fully saturated rings. The van der Waals surface area contributed by atoms with Crippen molar-refractivity contribution in [2.45, 2.75) is 27.2 Å². The number of carboxylic acid groups (broad SMARTS) is 2. The van der Waals surface area contributed by atoms with E-state index in [0.29, 0.717) is 32.7 Å². The third-order valence-electron chi connectivity index (χ3n) is 9.35. The van der Waals surface area contributed by atoms with E-state index in [2.05, 4.69) is 59.4 Å². The lowest BCUT2D eigenvalue weighted by atomic mass is 9.90. The van der Waals surface area contributed by atoms with Gasteiger partial charge in [-0.05, 0) is 79.7 Å². The SMILES string of the molecule is CC(C)=O.Cc1cc2c(s1)Nc1ccccc1N=C2N1CCN(C)CC1.O=C(O)c1cc2ccccc2c(Cc2c(O)c(C(=O)O)cc3ccccc23)c1O. The first-order valence-electron chi connectivity index (χ1n) is 17.7. The molecule has 11 nitrogen and oxygen atoms in total. The van der Waals surface area contributed by atoms with Gasteiger partial charge in [0.05, 0.1) is 16.9 Å². The number of Topliss-reactive ketones (excluding diaryl/α,β-unsaturated/α-hetero) is 1. The number of phenols is 2. The van der Waals surface area contributed by atoms with Gasteiger partial charge in [0, 0.05) is 48.6 Å². The monoisotopic (exact) mass is 758 g/mol. The number of thiophene rings is 1. The van der Waals surface area contributed by atoms with Crippen molar-refractivity contribution in [1.29, 1.82) is 0 Å². The molecule has 282 valence electrons. The third kappa shape index (κ3) is 8.45. The summed E-state index contributed by atoms with van der Waals surface area (Å²) in [4.78, 5) is 43.8. The number of carbonyl (C=O) groups is 3. The highest BCUT2D eigenvalue weighted by Gasteiger charge is 2.26. The Labute approximate surface area is 322 Å². The van der Waals surface area contributed by atoms with Crippen molar-refractivity contribution in [2.75, 3.05) is 38.5 Å². The summed E-state index contributed by atoms with van der Waals surface area (Å²) in [5.74, 6) is -2.07. The van der Waals surface area contributed by atoms with E-state index in [1.54, 1.807) is 59.9 Å². The summed E-state index contributed by atoms with van der Waals surface area (Å²) < 4.78 is 0. The molecular formula is C43H42N4O7S. The molecule has 2 aliphatic heterocycles. The van der Waals surface area contributed by atoms with Gasteiger partial charge in [0.1, 0.15) is 39.2 Å². The molecule has 6 aromatic rings. The zero-order chi connectivity index (χ0) is 39.4. The molecule has 0 spiro atoms. The zero-order valence-corrected chi connectivity index (χ0v) is 31.8. The van der Waals surface area contributed by atoms with Gasteiger partial charge in [-0.15, -0.1) is 11.3 Å². The molecule has 0 atom stereocenters. The van der Waals surface area contributed by atoms with Gasteiger partial charge in [-0.2, -0.15) is 0 Å². The zero-order valence-electron chi connectivity index (χ0n) is 31.0. The molecule has 8 rings (SSSR count). The lowest BCUT2D eigenvalue weighted by Gasteiger charge is -2.34. The molecule has 2 aliphatic rings. The topological polar surface area (TPSA) is 163 Å². The molecule has 0 bridgehead atoms. The van der Waals surface area contributed by atoms with Gasteiger partial charge < -0.3 is 40.3 Å². The van der Waals surface area contributed by atoms with Crippen molar-refractivity contribution in [3.8, 4) is 11.5 Å². The quantitative estimate of drug-likeness (QED) is 0.118. The molecule has 3 heterocycles. The number of aromatic hydroxyl groups is 2. The van der Waals surface area contributed by atoms with Crippen LogP contribution >= 0.6 is 11.3 Å². The van der Waals surface area contributed by atoms with Crippen LogP contribution in [0.5, 0.6) is 11.5 Å². The fraction of sp³-hybridized carbons (Fsp3) is 0.209. The van der Waals surface area contributed by atoms with Crippen LogP contribution in [0.2, 0.25) is 0 Å². The number of piperazine rings is 1. The van der Waals surface area contributed by atoms with E-state index in [0.717, 1.165) is 43.4 Å². The second-order valence-electron chi connectivity index (χ2n) is 13.6. The fourth-order valence-corrected chi connectivity index (χ4v) is 7.61. The Morgan fingerprint density at radius 1 is 0.745 bits per heavy atom. The number of fused-ring (bicyclic) bond motifs is 4. The number of likely N-dealkylation sites (N-methyl/N-ethyl adjacent to an activating group) is 1. The van der Waals surface area contributed by atoms with Crippen LogP contribution in [0.25, 0.3) is 21.5 Å². The number of nitrogens with one attached hydrogen (secondary N) is 1. The number of hydrogen-bond acceptors (Lipinski definition) is 10. The lowest BCUT2D eigenvalue weighted by Crippen LogP contribution is -2.47. The van der Waals surface area contributed by atoms with Gasteiger partial charge in [-0.3, -0.25) is 0 Å². The highest BCUT2D eigenvalue weighted by Crippen LogP contribution is 2.40. The smallest absolute Gasteiger partial charge is 0.339 e. The second kappa shape index (κ2) is 16.4. The fourth-order valence-electron chi connectivity index (χ4n) is 6.69. The van der Waals surface area contributed by atoms with Crippen molar-refractivity contribution in [3.05, 3.63) is 124 Å². The molecule has 1 saturated heterocycles. The van der Waals surface area contributed by atoms with E-state index in [-0.39, 0.29) is 23.3 Å². The number of para-hydroxylation sites is 2. The predicted octanol–water partition coefficient (Wildman–Crippen LogP) is 8.43. The molecule has 0 aliphatic carbocycles. The molecule has 0 radical (unpaired) electrons. The normalized spacial score (nSPS) is 13.5. The lowest BCUT2D eigenvalue weighted by molar-refractivity contribution is -0.115. The standard InChI is InChI=1S/C23H16O6.C17H20N4S.C3H6O/c24-20-16(14-7-3-1-5-12(14)9-18(20)22(26)27)11-17-15-8-4-2-6-13(15)10-19(21(17)25)23(28)29;1-12-11-13-16(21-9-7-20(2)8-10-21)18-14-5-3-4-6-15(14)19-17(13)22-12;1-3(2)4/h1-10,24-25H,11H2,(H,26,27)(H,28,29);3-6,11,19H,7-10H2,1-2H3;1-2H3. The third-order valence-corrected chi connectivity index (χ3v) is 10.3. The van der Waals surface area contributed by atoms with E-state index in [4.69, 9.17) is 4.99 Å². The molecule has 0 saturated carbocycles. The number of amidine groups is 1. The summed E-state index contributed by atoms with van der Waals surface area (Å²) in [6.07, 6.45) is -0.0407. The number of anilines is 2. The number of ketones is 1. The number of aromatic carboxylic acids is 2. The maximum atomic E-state index is 11.6. The van der Waals surface area contributed by atoms with E-state index in [1.165, 1.54) is 41.4 Å². The Balaban J connectivity index is 0.000000175. The highest BCUT2D eigenvalue weighted by molar-refractivity contribution is 7.16. The van der Waals surface area contributed by atoms with Crippen LogP contribution in [-0.4, -0.2) is 87.0 Å². The number of aryl methyl sites for hydroxylation is 1. The molecule has 5 N–H and O–H groups in total. The highest BCUT2D eigenvalue weighted by atomic mass is 32.1. The number of carbonyl (C=O) groups excluding carboxylic acids is 1. The number of aliphatic imine (C=N–C) groups is 1. The number of rotatable bonds is 4. The summed E-state index contributed by atoms with van der Waals surface area (Å²) in [6, 6.07) is 27.3. The molecule has 0 unspecified atom stereocenters. The number of benzene rings is 5. The largest absolute Gasteiger partial charge is 0.507 e. The Morgan fingerprint density at radius 2 is 1.24 bits per heavy atom. The van der Waals surface area contributed by atoms with Crippen molar-refractivity contribution < 1.29 is 34.8 Å². The molecule has 12 heteroatoms. The van der Waals surface area contributed by atoms with Crippen molar-refractivity contribution in [3.63, 3.8) is 0 Å². The average molecular weight is 759 g/mol. The van der Waals surface area contributed by atoms with Gasteiger partial charge in [0.2, 0.25) is 0 Å². The first-order valence-corrected chi connectivity index (χ1v) is 18.5. The predicted molar refractivity (Wildman–Crippen MR) is 218 cm³/mol. The first kappa shape index (κ1) is 38.5. The van der Waals surface area contributed by atoms with E-state index >= 15 is 0 Å². The maximum Gasteiger partial charge on any atom is 0.339 e. The van der Waals surface area contributed by atoms with Crippen LogP contribution in [0, 0.1) is 6.92 Å². The van der Waals surface area contributed by atoms with Gasteiger partial charge in [0.25, 0.3) is 0 Å². The van der Waals surface area contributed by atoms with Crippen LogP contribution in [0.15, 0.2) is 96.0 Å². The maximum absolute atomic E-state index is 11.6. The van der Waals surface area contributed by atoms with E-state index in [1.807, 2.05) is 0 Å². The number of nitrogens with zero attached hydrogens (tertiary/aromatic N) is 3. The first-order chi connectivity index (χ1) is 26.3. The molecule has 55 heavy (non-hydrogen) atoms. The molecular weight excluding hydrogens is 717 g/mol. The Morgan fingerprint density at radius 3 is 1.76 bits per heavy atom. The number of hydrogen-bond donors (Lipinski definition) is 5. The minimum Gasteiger partial charge on any atom is -0.507 e. The van der Waals surface area contributed by atoms with Gasteiger partial charge >= 0.3 is 11.9 Å². The second-order valence-corrected chi connectivity index (χ2v) is 14.9. The summed E-state index contributed by atoms with van der Waals surface area (Å²) >= 11 is 1.81. The van der Waals surface area contributed by atoms with Crippen molar-refractivity contribution in [1.82, 2.24) is 9.80 Å². The summed E-state index contributed by atoms with van der Waals surface area (Å²) in [5, 5.41) is 47.6. The average Bonchev–Trinajstić information content (AvgIpc) is 3.44. The van der Waals surface area contributed by atoms with Crippen molar-refractivity contribution in [2.24, 2.45) is 4.99 Å². The van der Waals surface area contributed by atoms with Crippen LogP contribution in [0.3, 0.4) is 0 Å². The van der Waals surface area contributed by atoms with Crippen LogP contribution < -0.4 is 5.32 Å². The van der Waals surface area contributed by atoms with E-state index < -0.39 is 23.4 Å². The van der Waals surface area contributed by atoms with Gasteiger partial charge in [0.15, 0.2) is 0 Å². The summed E-state index contributed by atoms with van der Waals surface area (Å²) in [5.41, 5.74) is 3.47. The Kier molecular flexibility index (Phi) is 11.5. The summed E-state index contributed by atoms with van der Waals surface area (Å²) in [6.45, 7) is 9.46. The molecule has 5 aromatic carbocycles. The van der Waals surface area contributed by atoms with Gasteiger partial charge in [-0.25, -0.2) is 14.6 Å². The van der Waals surface area contributed by atoms with Crippen molar-refractivity contribution >= 4 is 72.8 Å². The molecule has 1 aromatic heterocycles. The van der Waals surface area contributed by atoms with Crippen LogP contribution in [-0.2, 0) is 11.2 Å². The van der Waals surface area contributed by atoms with E-state index in [9.17, 15) is 34.8 Å². The Bertz CT molecular complexity index is 2360. The van der Waals surface area contributed by atoms with Crippen LogP contribution in [0.4, 0.5) is 16.4 Å².